The Labute approximate surface area is 209 Å². The van der Waals surface area contributed by atoms with Crippen molar-refractivity contribution in [3.05, 3.63) is 23.8 Å². The Morgan fingerprint density at radius 3 is 2.63 bits per heavy atom. The van der Waals surface area contributed by atoms with E-state index in [9.17, 15) is 14.7 Å². The highest BCUT2D eigenvalue weighted by Gasteiger charge is 2.29. The molecule has 9 heteroatoms. The van der Waals surface area contributed by atoms with Gasteiger partial charge >= 0.3 is 6.03 Å². The van der Waals surface area contributed by atoms with Crippen LogP contribution in [0.4, 0.5) is 10.5 Å². The molecule has 0 saturated heterocycles. The Hall–Kier alpha value is -2.36. The topological polar surface area (TPSA) is 112 Å². The fourth-order valence-electron chi connectivity index (χ4n) is 4.12. The number of anilines is 1. The fourth-order valence-corrected chi connectivity index (χ4v) is 4.12. The van der Waals surface area contributed by atoms with E-state index in [1.165, 1.54) is 0 Å². The number of urea groups is 1. The fraction of sp³-hybridized carbons (Fsp3) is 0.692. The summed E-state index contributed by atoms with van der Waals surface area (Å²) < 4.78 is 12.4. The van der Waals surface area contributed by atoms with Gasteiger partial charge in [0.1, 0.15) is 5.75 Å². The Balaban J connectivity index is 2.46. The quantitative estimate of drug-likeness (QED) is 0.485. The van der Waals surface area contributed by atoms with Crippen LogP contribution < -0.4 is 20.7 Å². The van der Waals surface area contributed by atoms with Crippen LogP contribution in [0, 0.1) is 5.92 Å². The molecule has 3 amide bonds. The van der Waals surface area contributed by atoms with Crippen molar-refractivity contribution in [1.29, 1.82) is 0 Å². The van der Waals surface area contributed by atoms with Crippen molar-refractivity contribution in [3.8, 4) is 5.75 Å². The van der Waals surface area contributed by atoms with Crippen LogP contribution in [0.15, 0.2) is 18.2 Å². The number of hydrogen-bond acceptors (Lipinski definition) is 6. The van der Waals surface area contributed by atoms with Crippen molar-refractivity contribution in [3.63, 3.8) is 0 Å². The highest BCUT2D eigenvalue weighted by molar-refractivity contribution is 5.99. The van der Waals surface area contributed by atoms with Gasteiger partial charge in [-0.3, -0.25) is 4.79 Å². The molecule has 1 aliphatic heterocycles. The predicted octanol–water partition coefficient (Wildman–Crippen LogP) is 3.23. The van der Waals surface area contributed by atoms with Gasteiger partial charge in [-0.05, 0) is 72.2 Å². The van der Waals surface area contributed by atoms with E-state index in [0.717, 1.165) is 19.3 Å². The number of fused-ring (bicyclic) bond motifs is 1. The third-order valence-corrected chi connectivity index (χ3v) is 6.13. The summed E-state index contributed by atoms with van der Waals surface area (Å²) in [6, 6.07) is 4.36. The lowest BCUT2D eigenvalue weighted by molar-refractivity contribution is -0.000451. The smallest absolute Gasteiger partial charge is 0.319 e. The predicted molar refractivity (Wildman–Crippen MR) is 138 cm³/mol. The van der Waals surface area contributed by atoms with Gasteiger partial charge in [-0.15, -0.1) is 0 Å². The van der Waals surface area contributed by atoms with Crippen LogP contribution in [0.1, 0.15) is 64.2 Å². The second kappa shape index (κ2) is 14.3. The van der Waals surface area contributed by atoms with E-state index < -0.39 is 6.04 Å². The van der Waals surface area contributed by atoms with Gasteiger partial charge in [-0.2, -0.15) is 0 Å². The summed E-state index contributed by atoms with van der Waals surface area (Å²) in [5.74, 6) is 0.249. The second-order valence-electron chi connectivity index (χ2n) is 9.82. The van der Waals surface area contributed by atoms with E-state index in [0.29, 0.717) is 36.7 Å². The van der Waals surface area contributed by atoms with Gasteiger partial charge in [-0.25, -0.2) is 4.79 Å². The maximum absolute atomic E-state index is 13.9. The van der Waals surface area contributed by atoms with Crippen LogP contribution in [0.25, 0.3) is 0 Å². The third kappa shape index (κ3) is 8.98. The minimum atomic E-state index is -0.404. The number of rotatable bonds is 6. The SMILES string of the molecule is CNC[C@H]1OCCCC[C@@H](C)Oc2ccc(NC(=O)NC(C)C)cc2C(=O)N([C@@H](C)CO)C[C@H]1C. The number of amides is 3. The molecule has 0 unspecified atom stereocenters. The van der Waals surface area contributed by atoms with Gasteiger partial charge in [0.05, 0.1) is 30.4 Å². The lowest BCUT2D eigenvalue weighted by Gasteiger charge is -2.34. The summed E-state index contributed by atoms with van der Waals surface area (Å²) in [7, 11) is 1.89. The van der Waals surface area contributed by atoms with Gasteiger partial charge in [0.2, 0.25) is 0 Å². The Kier molecular flexibility index (Phi) is 11.8. The van der Waals surface area contributed by atoms with Crippen molar-refractivity contribution >= 4 is 17.6 Å². The zero-order valence-corrected chi connectivity index (χ0v) is 22.1. The Bertz CT molecular complexity index is 819. The highest BCUT2D eigenvalue weighted by atomic mass is 16.5. The molecule has 0 radical (unpaired) electrons. The molecule has 0 aliphatic carbocycles. The minimum absolute atomic E-state index is 0.0201. The lowest BCUT2D eigenvalue weighted by atomic mass is 10.0. The van der Waals surface area contributed by atoms with Crippen LogP contribution in [0.2, 0.25) is 0 Å². The molecule has 0 aromatic heterocycles. The summed E-state index contributed by atoms with van der Waals surface area (Å²) in [5.41, 5.74) is 0.850. The molecule has 9 nitrogen and oxygen atoms in total. The van der Waals surface area contributed by atoms with Crippen LogP contribution in [-0.2, 0) is 4.74 Å². The van der Waals surface area contributed by atoms with E-state index in [1.54, 1.807) is 23.1 Å². The Morgan fingerprint density at radius 2 is 1.97 bits per heavy atom. The maximum atomic E-state index is 13.9. The number of aliphatic hydroxyl groups excluding tert-OH is 1. The molecule has 0 bridgehead atoms. The monoisotopic (exact) mass is 492 g/mol. The first-order valence-electron chi connectivity index (χ1n) is 12.7. The first kappa shape index (κ1) is 28.9. The first-order valence-corrected chi connectivity index (χ1v) is 12.7. The molecule has 2 rings (SSSR count). The number of ether oxygens (including phenoxy) is 2. The molecule has 0 fully saturated rings. The van der Waals surface area contributed by atoms with Crippen LogP contribution in [0.3, 0.4) is 0 Å². The summed E-state index contributed by atoms with van der Waals surface area (Å²) in [4.78, 5) is 27.8. The van der Waals surface area contributed by atoms with Gasteiger partial charge in [0.25, 0.3) is 5.91 Å². The highest BCUT2D eigenvalue weighted by Crippen LogP contribution is 2.28. The second-order valence-corrected chi connectivity index (χ2v) is 9.82. The van der Waals surface area contributed by atoms with E-state index in [1.807, 2.05) is 34.7 Å². The number of aliphatic hydroxyl groups is 1. The van der Waals surface area contributed by atoms with Crippen LogP contribution in [0.5, 0.6) is 5.75 Å². The molecule has 35 heavy (non-hydrogen) atoms. The number of likely N-dealkylation sites (N-methyl/N-ethyl adjacent to an activating group) is 1. The molecule has 1 aromatic carbocycles. The van der Waals surface area contributed by atoms with E-state index in [4.69, 9.17) is 9.47 Å². The zero-order chi connectivity index (χ0) is 26.0. The summed E-state index contributed by atoms with van der Waals surface area (Å²) in [5, 5.41) is 18.7. The summed E-state index contributed by atoms with van der Waals surface area (Å²) in [6.07, 6.45) is 2.55. The minimum Gasteiger partial charge on any atom is -0.490 e. The molecular weight excluding hydrogens is 448 g/mol. The average molecular weight is 493 g/mol. The van der Waals surface area contributed by atoms with Gasteiger partial charge in [0.15, 0.2) is 0 Å². The van der Waals surface area contributed by atoms with Crippen molar-refractivity contribution in [2.24, 2.45) is 5.92 Å². The van der Waals surface area contributed by atoms with Gasteiger partial charge in [0, 0.05) is 37.3 Å². The molecule has 4 atom stereocenters. The molecular formula is C26H44N4O5. The van der Waals surface area contributed by atoms with Crippen molar-refractivity contribution < 1.29 is 24.2 Å². The molecule has 1 heterocycles. The summed E-state index contributed by atoms with van der Waals surface area (Å²) >= 11 is 0. The van der Waals surface area contributed by atoms with E-state index in [-0.39, 0.29) is 42.7 Å². The van der Waals surface area contributed by atoms with Crippen molar-refractivity contribution in [1.82, 2.24) is 15.5 Å². The number of carbonyl (C=O) groups is 2. The van der Waals surface area contributed by atoms with E-state index in [2.05, 4.69) is 22.9 Å². The molecule has 0 saturated carbocycles. The van der Waals surface area contributed by atoms with Gasteiger partial charge < -0.3 is 35.4 Å². The number of nitrogens with one attached hydrogen (secondary N) is 3. The van der Waals surface area contributed by atoms with Gasteiger partial charge in [-0.1, -0.05) is 6.92 Å². The normalized spacial score (nSPS) is 23.1. The first-order chi connectivity index (χ1) is 16.7. The maximum Gasteiger partial charge on any atom is 0.319 e. The van der Waals surface area contributed by atoms with Crippen molar-refractivity contribution in [2.75, 3.05) is 38.7 Å². The number of hydrogen-bond donors (Lipinski definition) is 4. The third-order valence-electron chi connectivity index (χ3n) is 6.13. The number of benzene rings is 1. The summed E-state index contributed by atoms with van der Waals surface area (Å²) in [6.45, 7) is 11.2. The molecule has 1 aromatic rings. The molecule has 198 valence electrons. The largest absolute Gasteiger partial charge is 0.490 e. The molecule has 4 N–H and O–H groups in total. The Morgan fingerprint density at radius 1 is 1.23 bits per heavy atom. The zero-order valence-electron chi connectivity index (χ0n) is 22.1. The molecule has 0 spiro atoms. The number of nitrogens with zero attached hydrogens (tertiary/aromatic N) is 1. The molecule has 1 aliphatic rings. The average Bonchev–Trinajstić information content (AvgIpc) is 2.80. The van der Waals surface area contributed by atoms with Crippen LogP contribution >= 0.6 is 0 Å². The number of carbonyl (C=O) groups excluding carboxylic acids is 2. The van der Waals surface area contributed by atoms with Crippen molar-refractivity contribution in [2.45, 2.75) is 78.2 Å². The van der Waals surface area contributed by atoms with E-state index >= 15 is 0 Å². The standard InChI is InChI=1S/C26H44N4O5/c1-17(2)28-26(33)29-21-10-11-23-22(13-21)25(32)30(19(4)16-31)15-18(3)24(14-27-6)34-12-8-7-9-20(5)35-23/h10-11,13,17-20,24,27,31H,7-9,12,14-16H2,1-6H3,(H2,28,29,33)/t18-,19+,20-,24-/m1/s1. The van der Waals surface area contributed by atoms with Crippen LogP contribution in [-0.4, -0.2) is 79.6 Å². The lowest BCUT2D eigenvalue weighted by Crippen LogP contribution is -2.47.